The van der Waals surface area contributed by atoms with Crippen molar-refractivity contribution in [2.45, 2.75) is 75.6 Å². The fourth-order valence-electron chi connectivity index (χ4n) is 6.05. The van der Waals surface area contributed by atoms with Crippen molar-refractivity contribution < 1.29 is 23.8 Å². The van der Waals surface area contributed by atoms with Gasteiger partial charge in [0.25, 0.3) is 5.91 Å². The normalized spacial score (nSPS) is 36.0. The van der Waals surface area contributed by atoms with E-state index in [0.717, 1.165) is 37.0 Å². The van der Waals surface area contributed by atoms with Crippen LogP contribution in [0, 0.1) is 6.92 Å². The third kappa shape index (κ3) is 3.82. The summed E-state index contributed by atoms with van der Waals surface area (Å²) >= 11 is 0. The predicted molar refractivity (Wildman–Crippen MR) is 114 cm³/mol. The maximum atomic E-state index is 13.4. The lowest BCUT2D eigenvalue weighted by Crippen LogP contribution is -2.65. The van der Waals surface area contributed by atoms with Crippen molar-refractivity contribution in [2.75, 3.05) is 26.4 Å². The Morgan fingerprint density at radius 3 is 2.71 bits per heavy atom. The molecule has 1 aliphatic carbocycles. The molecule has 2 amide bonds. The van der Waals surface area contributed by atoms with E-state index in [9.17, 15) is 9.59 Å². The van der Waals surface area contributed by atoms with Crippen molar-refractivity contribution >= 4 is 11.8 Å². The number of nitrogens with zero attached hydrogens (tertiary/aromatic N) is 1. The molecule has 5 aliphatic rings. The van der Waals surface area contributed by atoms with E-state index in [-0.39, 0.29) is 43.2 Å². The quantitative estimate of drug-likeness (QED) is 0.686. The van der Waals surface area contributed by atoms with Gasteiger partial charge in [0, 0.05) is 6.04 Å². The summed E-state index contributed by atoms with van der Waals surface area (Å²) in [6.07, 6.45) is 4.91. The van der Waals surface area contributed by atoms with Gasteiger partial charge >= 0.3 is 0 Å². The summed E-state index contributed by atoms with van der Waals surface area (Å²) in [5, 5.41) is 3.15. The maximum absolute atomic E-state index is 13.4. The first-order valence-corrected chi connectivity index (χ1v) is 11.5. The summed E-state index contributed by atoms with van der Waals surface area (Å²) in [6.45, 7) is 4.94. The van der Waals surface area contributed by atoms with Gasteiger partial charge in [-0.2, -0.15) is 0 Å². The van der Waals surface area contributed by atoms with E-state index in [2.05, 4.69) is 17.4 Å². The number of nitrogens with one attached hydrogen (secondary N) is 1. The molecule has 0 unspecified atom stereocenters. The SMILES string of the molecule is Cc1ccc2c(c1)OCC(=O)N1[C@H](C)C[C@]3(COCC(=O)N3)[C@H]1CO[C@H]1CC[C@@H]2CC1. The van der Waals surface area contributed by atoms with Gasteiger partial charge in [0.15, 0.2) is 6.61 Å². The molecule has 2 bridgehead atoms. The monoisotopic (exact) mass is 428 g/mol. The number of morpholine rings is 1. The molecule has 2 saturated heterocycles. The van der Waals surface area contributed by atoms with Crippen molar-refractivity contribution in [1.82, 2.24) is 10.2 Å². The van der Waals surface area contributed by atoms with Gasteiger partial charge in [-0.3, -0.25) is 9.59 Å². The molecule has 168 valence electrons. The number of carbonyl (C=O) groups is 2. The molecule has 3 atom stereocenters. The highest BCUT2D eigenvalue weighted by atomic mass is 16.5. The average molecular weight is 429 g/mol. The molecule has 1 aromatic rings. The fraction of sp³-hybridized carbons (Fsp3) is 0.667. The van der Waals surface area contributed by atoms with Crippen LogP contribution < -0.4 is 10.1 Å². The fourth-order valence-corrected chi connectivity index (χ4v) is 6.05. The Morgan fingerprint density at radius 2 is 1.94 bits per heavy atom. The van der Waals surface area contributed by atoms with Crippen molar-refractivity contribution in [3.8, 4) is 5.75 Å². The second-order valence-corrected chi connectivity index (χ2v) is 9.70. The first-order valence-electron chi connectivity index (χ1n) is 11.5. The van der Waals surface area contributed by atoms with Gasteiger partial charge < -0.3 is 24.4 Å². The zero-order valence-corrected chi connectivity index (χ0v) is 18.4. The third-order valence-electron chi connectivity index (χ3n) is 7.50. The van der Waals surface area contributed by atoms with Crippen LogP contribution in [0.4, 0.5) is 0 Å². The highest BCUT2D eigenvalue weighted by Crippen LogP contribution is 2.41. The third-order valence-corrected chi connectivity index (χ3v) is 7.50. The molecule has 4 aliphatic heterocycles. The van der Waals surface area contributed by atoms with E-state index in [1.807, 2.05) is 24.8 Å². The molecule has 1 saturated carbocycles. The number of amides is 2. The van der Waals surface area contributed by atoms with Gasteiger partial charge in [-0.1, -0.05) is 12.1 Å². The molecular formula is C24H32N2O5. The Kier molecular flexibility index (Phi) is 5.42. The Bertz CT molecular complexity index is 866. The molecule has 31 heavy (non-hydrogen) atoms. The molecule has 1 N–H and O–H groups in total. The Morgan fingerprint density at radius 1 is 1.13 bits per heavy atom. The summed E-state index contributed by atoms with van der Waals surface area (Å²) in [4.78, 5) is 27.5. The van der Waals surface area contributed by atoms with Crippen molar-refractivity contribution in [3.05, 3.63) is 29.3 Å². The topological polar surface area (TPSA) is 77.1 Å². The number of benzene rings is 1. The summed E-state index contributed by atoms with van der Waals surface area (Å²) in [6, 6.07) is 6.03. The van der Waals surface area contributed by atoms with Crippen LogP contribution in [0.2, 0.25) is 0 Å². The van der Waals surface area contributed by atoms with Crippen LogP contribution in [0.3, 0.4) is 0 Å². The minimum atomic E-state index is -0.601. The summed E-state index contributed by atoms with van der Waals surface area (Å²) in [5.74, 6) is 1.06. The lowest BCUT2D eigenvalue weighted by molar-refractivity contribution is -0.145. The summed E-state index contributed by atoms with van der Waals surface area (Å²) in [5.41, 5.74) is 1.73. The number of aryl methyl sites for hydroxylation is 1. The first-order chi connectivity index (χ1) is 14.9. The van der Waals surface area contributed by atoms with Crippen molar-refractivity contribution in [3.63, 3.8) is 0 Å². The van der Waals surface area contributed by atoms with Crippen LogP contribution in [-0.2, 0) is 19.1 Å². The highest BCUT2D eigenvalue weighted by molar-refractivity contribution is 5.81. The standard InChI is InChI=1S/C24H32N2O5/c1-15-3-8-19-17-4-6-18(7-5-17)30-11-21-24(14-29-12-22(27)25-24)10-16(2)26(21)23(28)13-31-20(19)9-15/h3,8-9,16-18,21H,4-7,10-14H2,1-2H3,(H,25,27)/t16-,17-,18+,21-,24+/m1/s1. The molecule has 0 aromatic heterocycles. The molecule has 1 aromatic carbocycles. The molecule has 0 radical (unpaired) electrons. The van der Waals surface area contributed by atoms with E-state index in [1.54, 1.807) is 0 Å². The second kappa shape index (κ2) is 8.10. The minimum absolute atomic E-state index is 0.0156. The van der Waals surface area contributed by atoms with Gasteiger partial charge in [0.1, 0.15) is 12.4 Å². The number of ether oxygens (including phenoxy) is 3. The predicted octanol–water partition coefficient (Wildman–Crippen LogP) is 2.30. The largest absolute Gasteiger partial charge is 0.483 e. The van der Waals surface area contributed by atoms with E-state index in [4.69, 9.17) is 14.2 Å². The van der Waals surface area contributed by atoms with Gasteiger partial charge in [0.2, 0.25) is 5.91 Å². The molecular weight excluding hydrogens is 396 g/mol. The number of fused-ring (bicyclic) bond motifs is 5. The summed E-state index contributed by atoms with van der Waals surface area (Å²) < 4.78 is 18.2. The van der Waals surface area contributed by atoms with E-state index in [1.165, 1.54) is 5.56 Å². The summed E-state index contributed by atoms with van der Waals surface area (Å²) in [7, 11) is 0. The molecule has 4 heterocycles. The van der Waals surface area contributed by atoms with Gasteiger partial charge in [-0.15, -0.1) is 0 Å². The molecule has 1 spiro atoms. The second-order valence-electron chi connectivity index (χ2n) is 9.70. The van der Waals surface area contributed by atoms with E-state index < -0.39 is 5.54 Å². The van der Waals surface area contributed by atoms with Crippen molar-refractivity contribution in [1.29, 1.82) is 0 Å². The average Bonchev–Trinajstić information content (AvgIpc) is 3.01. The molecule has 6 rings (SSSR count). The molecule has 3 fully saturated rings. The van der Waals surface area contributed by atoms with E-state index in [0.29, 0.717) is 25.6 Å². The molecule has 7 heteroatoms. The van der Waals surface area contributed by atoms with Crippen LogP contribution in [0.25, 0.3) is 0 Å². The number of carbonyl (C=O) groups excluding carboxylic acids is 2. The zero-order chi connectivity index (χ0) is 21.6. The Hall–Kier alpha value is -2.12. The van der Waals surface area contributed by atoms with Crippen LogP contribution in [0.1, 0.15) is 56.1 Å². The molecule has 7 nitrogen and oxygen atoms in total. The lowest BCUT2D eigenvalue weighted by Gasteiger charge is -2.41. The highest BCUT2D eigenvalue weighted by Gasteiger charge is 2.55. The number of hydrogen-bond acceptors (Lipinski definition) is 5. The Labute approximate surface area is 183 Å². The minimum Gasteiger partial charge on any atom is -0.483 e. The van der Waals surface area contributed by atoms with Crippen molar-refractivity contribution in [2.24, 2.45) is 0 Å². The van der Waals surface area contributed by atoms with Gasteiger partial charge in [-0.25, -0.2) is 0 Å². The van der Waals surface area contributed by atoms with Crippen LogP contribution in [-0.4, -0.2) is 66.9 Å². The first kappa shape index (κ1) is 20.8. The van der Waals surface area contributed by atoms with Crippen LogP contribution in [0.15, 0.2) is 18.2 Å². The lowest BCUT2D eigenvalue weighted by atomic mass is 9.82. The number of hydrogen-bond donors (Lipinski definition) is 1. The van der Waals surface area contributed by atoms with Crippen LogP contribution in [0.5, 0.6) is 5.75 Å². The maximum Gasteiger partial charge on any atom is 0.261 e. The Balaban J connectivity index is 1.48. The van der Waals surface area contributed by atoms with Gasteiger partial charge in [0.05, 0.1) is 30.9 Å². The smallest absolute Gasteiger partial charge is 0.261 e. The van der Waals surface area contributed by atoms with Crippen LogP contribution >= 0.6 is 0 Å². The van der Waals surface area contributed by atoms with E-state index >= 15 is 0 Å². The number of rotatable bonds is 0. The zero-order valence-electron chi connectivity index (χ0n) is 18.4. The van der Waals surface area contributed by atoms with Gasteiger partial charge in [-0.05, 0) is 69.1 Å².